The molecule has 1 heterocycles. The zero-order chi connectivity index (χ0) is 12.5. The van der Waals surface area contributed by atoms with Gasteiger partial charge >= 0.3 is 0 Å². The fraction of sp³-hybridized carbons (Fsp3) is 0.385. The zero-order valence-electron chi connectivity index (χ0n) is 10.2. The predicted octanol–water partition coefficient (Wildman–Crippen LogP) is 1.73. The minimum atomic E-state index is -0.150. The average molecular weight is 246 g/mol. The van der Waals surface area contributed by atoms with E-state index in [0.29, 0.717) is 6.54 Å². The van der Waals surface area contributed by atoms with Crippen LogP contribution < -0.4 is 5.32 Å². The van der Waals surface area contributed by atoms with Gasteiger partial charge in [-0.05, 0) is 36.1 Å². The lowest BCUT2D eigenvalue weighted by molar-refractivity contribution is 0.511. The van der Waals surface area contributed by atoms with Gasteiger partial charge in [0, 0.05) is 13.1 Å². The zero-order valence-corrected chi connectivity index (χ0v) is 10.2. The summed E-state index contributed by atoms with van der Waals surface area (Å²) in [5, 5.41) is 11.3. The van der Waals surface area contributed by atoms with Crippen LogP contribution in [-0.2, 0) is 20.0 Å². The van der Waals surface area contributed by atoms with E-state index in [0.717, 1.165) is 24.2 Å². The number of aromatic nitrogens is 3. The Morgan fingerprint density at radius 3 is 3.17 bits per heavy atom. The first kappa shape index (κ1) is 11.3. The third kappa shape index (κ3) is 2.01. The Bertz CT molecular complexity index is 564. The number of halogens is 1. The summed E-state index contributed by atoms with van der Waals surface area (Å²) in [4.78, 5) is 0. The van der Waals surface area contributed by atoms with Crippen LogP contribution in [0.4, 0.5) is 4.39 Å². The fourth-order valence-electron chi connectivity index (χ4n) is 2.48. The van der Waals surface area contributed by atoms with E-state index in [1.165, 1.54) is 11.6 Å². The molecule has 1 unspecified atom stereocenters. The number of benzene rings is 1. The van der Waals surface area contributed by atoms with E-state index in [-0.39, 0.29) is 11.9 Å². The third-order valence-electron chi connectivity index (χ3n) is 3.49. The summed E-state index contributed by atoms with van der Waals surface area (Å²) in [6.07, 6.45) is 3.63. The largest absolute Gasteiger partial charge is 0.320 e. The smallest absolute Gasteiger partial charge is 0.146 e. The van der Waals surface area contributed by atoms with Crippen LogP contribution in [0.2, 0.25) is 0 Å². The Labute approximate surface area is 105 Å². The summed E-state index contributed by atoms with van der Waals surface area (Å²) in [6.45, 7) is 0.679. The molecule has 18 heavy (non-hydrogen) atoms. The van der Waals surface area contributed by atoms with Gasteiger partial charge in [0.2, 0.25) is 0 Å². The minimum Gasteiger partial charge on any atom is -0.320 e. The summed E-state index contributed by atoms with van der Waals surface area (Å²) in [5.41, 5.74) is 2.32. The molecule has 1 aromatic heterocycles. The van der Waals surface area contributed by atoms with Crippen molar-refractivity contribution in [3.05, 3.63) is 47.3 Å². The van der Waals surface area contributed by atoms with Crippen molar-refractivity contribution in [1.29, 1.82) is 0 Å². The maximum Gasteiger partial charge on any atom is 0.146 e. The highest BCUT2D eigenvalue weighted by molar-refractivity contribution is 5.34. The normalized spacial score (nSPS) is 18.0. The van der Waals surface area contributed by atoms with Crippen LogP contribution in [0.15, 0.2) is 24.5 Å². The summed E-state index contributed by atoms with van der Waals surface area (Å²) < 4.78 is 15.0. The molecule has 1 aromatic carbocycles. The standard InChI is InChI=1S/C13H15FN4/c1-18-8-16-17-13(18)7-15-12-5-2-9-6-10(14)3-4-11(9)12/h3-4,6,8,12,15H,2,5,7H2,1H3. The van der Waals surface area contributed by atoms with Gasteiger partial charge in [0.25, 0.3) is 0 Å². The number of nitrogens with zero attached hydrogens (tertiary/aromatic N) is 3. The highest BCUT2D eigenvalue weighted by Gasteiger charge is 2.22. The Morgan fingerprint density at radius 1 is 1.50 bits per heavy atom. The average Bonchev–Trinajstić information content (AvgIpc) is 2.93. The van der Waals surface area contributed by atoms with Gasteiger partial charge in [-0.2, -0.15) is 0 Å². The molecular formula is C13H15FN4. The topological polar surface area (TPSA) is 42.7 Å². The lowest BCUT2D eigenvalue weighted by Gasteiger charge is -2.13. The van der Waals surface area contributed by atoms with Gasteiger partial charge in [-0.25, -0.2) is 4.39 Å². The van der Waals surface area contributed by atoms with Crippen LogP contribution >= 0.6 is 0 Å². The van der Waals surface area contributed by atoms with Crippen LogP contribution in [0, 0.1) is 5.82 Å². The van der Waals surface area contributed by atoms with Crippen LogP contribution in [0.5, 0.6) is 0 Å². The van der Waals surface area contributed by atoms with Crippen molar-refractivity contribution in [2.75, 3.05) is 0 Å². The van der Waals surface area contributed by atoms with Crippen molar-refractivity contribution in [3.63, 3.8) is 0 Å². The van der Waals surface area contributed by atoms with Crippen LogP contribution in [0.3, 0.4) is 0 Å². The van der Waals surface area contributed by atoms with Crippen molar-refractivity contribution in [2.24, 2.45) is 7.05 Å². The molecule has 2 aromatic rings. The quantitative estimate of drug-likeness (QED) is 0.897. The Hall–Kier alpha value is -1.75. The Balaban J connectivity index is 1.71. The van der Waals surface area contributed by atoms with E-state index in [9.17, 15) is 4.39 Å². The number of fused-ring (bicyclic) bond motifs is 1. The maximum absolute atomic E-state index is 13.1. The molecule has 3 rings (SSSR count). The van der Waals surface area contributed by atoms with Crippen molar-refractivity contribution < 1.29 is 4.39 Å². The lowest BCUT2D eigenvalue weighted by Crippen LogP contribution is -2.20. The molecule has 1 aliphatic rings. The Kier molecular flexibility index (Phi) is 2.83. The third-order valence-corrected chi connectivity index (χ3v) is 3.49. The first-order valence-electron chi connectivity index (χ1n) is 6.08. The second kappa shape index (κ2) is 4.49. The van der Waals surface area contributed by atoms with Crippen molar-refractivity contribution in [1.82, 2.24) is 20.1 Å². The molecule has 4 nitrogen and oxygen atoms in total. The van der Waals surface area contributed by atoms with Gasteiger partial charge in [0.15, 0.2) is 0 Å². The fourth-order valence-corrected chi connectivity index (χ4v) is 2.48. The van der Waals surface area contributed by atoms with E-state index in [1.54, 1.807) is 12.4 Å². The SMILES string of the molecule is Cn1cnnc1CNC1CCc2cc(F)ccc21. The van der Waals surface area contributed by atoms with Crippen LogP contribution in [0.1, 0.15) is 29.4 Å². The maximum atomic E-state index is 13.1. The molecule has 5 heteroatoms. The number of nitrogens with one attached hydrogen (secondary N) is 1. The summed E-state index contributed by atoms with van der Waals surface area (Å²) >= 11 is 0. The van der Waals surface area contributed by atoms with Gasteiger partial charge in [-0.3, -0.25) is 0 Å². The highest BCUT2D eigenvalue weighted by atomic mass is 19.1. The van der Waals surface area contributed by atoms with Gasteiger partial charge in [0.05, 0.1) is 6.54 Å². The molecule has 0 aliphatic heterocycles. The number of aryl methyl sites for hydroxylation is 2. The van der Waals surface area contributed by atoms with E-state index in [2.05, 4.69) is 15.5 Å². The molecule has 0 bridgehead atoms. The second-order valence-electron chi connectivity index (χ2n) is 4.67. The second-order valence-corrected chi connectivity index (χ2v) is 4.67. The molecule has 0 spiro atoms. The molecule has 0 amide bonds. The van der Waals surface area contributed by atoms with Crippen LogP contribution in [-0.4, -0.2) is 14.8 Å². The minimum absolute atomic E-state index is 0.150. The molecule has 0 saturated heterocycles. The number of rotatable bonds is 3. The molecular weight excluding hydrogens is 231 g/mol. The monoisotopic (exact) mass is 246 g/mol. The molecule has 0 fully saturated rings. The molecule has 1 aliphatic carbocycles. The molecule has 0 radical (unpaired) electrons. The lowest BCUT2D eigenvalue weighted by atomic mass is 10.1. The van der Waals surface area contributed by atoms with E-state index >= 15 is 0 Å². The van der Waals surface area contributed by atoms with Gasteiger partial charge in [-0.15, -0.1) is 10.2 Å². The first-order valence-corrected chi connectivity index (χ1v) is 6.08. The first-order chi connectivity index (χ1) is 8.74. The number of hydrogen-bond acceptors (Lipinski definition) is 3. The predicted molar refractivity (Wildman–Crippen MR) is 65.3 cm³/mol. The van der Waals surface area contributed by atoms with Crippen molar-refractivity contribution in [2.45, 2.75) is 25.4 Å². The van der Waals surface area contributed by atoms with Gasteiger partial charge < -0.3 is 9.88 Å². The number of hydrogen-bond donors (Lipinski definition) is 1. The molecule has 0 saturated carbocycles. The summed E-state index contributed by atoms with van der Waals surface area (Å²) in [7, 11) is 1.93. The van der Waals surface area contributed by atoms with Gasteiger partial charge in [-0.1, -0.05) is 6.07 Å². The highest BCUT2D eigenvalue weighted by Crippen LogP contribution is 2.31. The molecule has 94 valence electrons. The molecule has 1 atom stereocenters. The summed E-state index contributed by atoms with van der Waals surface area (Å²) in [6, 6.07) is 5.34. The van der Waals surface area contributed by atoms with E-state index in [4.69, 9.17) is 0 Å². The van der Waals surface area contributed by atoms with Crippen LogP contribution in [0.25, 0.3) is 0 Å². The summed E-state index contributed by atoms with van der Waals surface area (Å²) in [5.74, 6) is 0.758. The van der Waals surface area contributed by atoms with Gasteiger partial charge in [0.1, 0.15) is 18.0 Å². The Morgan fingerprint density at radius 2 is 2.39 bits per heavy atom. The molecule has 1 N–H and O–H groups in total. The van der Waals surface area contributed by atoms with Crippen molar-refractivity contribution >= 4 is 0 Å². The van der Waals surface area contributed by atoms with E-state index < -0.39 is 0 Å². The van der Waals surface area contributed by atoms with E-state index in [1.807, 2.05) is 17.7 Å². The van der Waals surface area contributed by atoms with Crippen molar-refractivity contribution in [3.8, 4) is 0 Å².